The van der Waals surface area contributed by atoms with Gasteiger partial charge in [-0.25, -0.2) is 12.2 Å². The van der Waals surface area contributed by atoms with Gasteiger partial charge < -0.3 is 0 Å². The molecule has 0 bridgehead atoms. The van der Waals surface area contributed by atoms with Crippen molar-refractivity contribution in [2.75, 3.05) is 0 Å². The maximum Gasteiger partial charge on any atom is -0.109 e. The van der Waals surface area contributed by atoms with Crippen LogP contribution < -0.4 is 10.4 Å². The molecule has 0 radical (unpaired) electrons. The number of hydrogen-bond acceptors (Lipinski definition) is 0. The largest absolute Gasteiger partial charge is 0.273 e. The van der Waals surface area contributed by atoms with Gasteiger partial charge in [-0.3, -0.25) is 6.08 Å². The number of fused-ring (bicyclic) bond motifs is 3. The molecule has 4 heteroatoms. The van der Waals surface area contributed by atoms with E-state index >= 15 is 0 Å². The number of rotatable bonds is 2. The van der Waals surface area contributed by atoms with Gasteiger partial charge in [0.1, 0.15) is 0 Å². The number of benzene rings is 4. The van der Waals surface area contributed by atoms with E-state index in [0.717, 1.165) is 12.8 Å². The van der Waals surface area contributed by atoms with Gasteiger partial charge in [-0.2, -0.15) is 29.8 Å². The molecule has 0 amide bonds. The second-order valence-electron chi connectivity index (χ2n) is 13.4. The van der Waals surface area contributed by atoms with Crippen LogP contribution in [0.3, 0.4) is 0 Å². The van der Waals surface area contributed by atoms with Crippen LogP contribution in [-0.2, 0) is 40.6 Å². The molecule has 0 unspecified atom stereocenters. The Kier molecular flexibility index (Phi) is 14.4. The number of allylic oxidation sites excluding steroid dienone is 4. The zero-order valence-electron chi connectivity index (χ0n) is 27.5. The first kappa shape index (κ1) is 38.2. The average molecular weight is 717 g/mol. The maximum absolute atomic E-state index is 3.67. The van der Waals surface area contributed by atoms with Crippen molar-refractivity contribution in [3.63, 3.8) is 0 Å². The minimum Gasteiger partial charge on any atom is -0.273 e. The Morgan fingerprint density at radius 2 is 1.30 bits per heavy atom. The van der Waals surface area contributed by atoms with Crippen molar-refractivity contribution in [1.82, 2.24) is 0 Å². The zero-order chi connectivity index (χ0) is 30.5. The van der Waals surface area contributed by atoms with Crippen molar-refractivity contribution in [2.24, 2.45) is 0 Å². The molecule has 0 aromatic heterocycles. The molecule has 0 nitrogen and oxygen atoms in total. The van der Waals surface area contributed by atoms with Crippen LogP contribution in [0.25, 0.3) is 11.1 Å². The molecule has 0 spiro atoms. The van der Waals surface area contributed by atoms with E-state index in [1.165, 1.54) is 54.9 Å². The Bertz CT molecular complexity index is 1520. The van der Waals surface area contributed by atoms with E-state index in [9.17, 15) is 0 Å². The minimum absolute atomic E-state index is 0. The Hall–Kier alpha value is -1.96. The smallest absolute Gasteiger partial charge is 0.109 e. The van der Waals surface area contributed by atoms with Gasteiger partial charge in [0.05, 0.1) is 0 Å². The van der Waals surface area contributed by atoms with E-state index in [1.807, 2.05) is 12.2 Å². The molecule has 0 fully saturated rings. The van der Waals surface area contributed by atoms with Crippen molar-refractivity contribution in [1.29, 1.82) is 0 Å². The summed E-state index contributed by atoms with van der Waals surface area (Å²) in [6, 6.07) is 33.1. The fraction of sp³-hybridized carbons (Fsp3) is 0.300. The standard InChI is InChI=1S/C21H25.C14H14Si.C5H5.2ClH.Zr/c1-20(2,3)16-7-9-18-14(12-16)11-15-13-17(21(4,5)6)8-10-19(15)18;1-11-5-3-7-13(9-11)15-14-8-4-6-12(2)10-14;1-2-4-5-3-1;;;/h7-10,12H,11H2,1-6H3;3-10H,1-2H3;1-3H,4H2;2*1H;/q-1;;-1;;;+2. The number of aryl methyl sites for hydroxylation is 2. The summed E-state index contributed by atoms with van der Waals surface area (Å²) in [6.45, 7) is 17.9. The van der Waals surface area contributed by atoms with Crippen molar-refractivity contribution >= 4 is 40.6 Å². The average Bonchev–Trinajstić information content (AvgIpc) is 3.63. The van der Waals surface area contributed by atoms with Crippen molar-refractivity contribution in [3.8, 4) is 11.1 Å². The molecule has 44 heavy (non-hydrogen) atoms. The molecule has 0 atom stereocenters. The summed E-state index contributed by atoms with van der Waals surface area (Å²) in [7, 11) is 0. The summed E-state index contributed by atoms with van der Waals surface area (Å²) in [5.41, 5.74) is 10.9. The van der Waals surface area contributed by atoms with Gasteiger partial charge in [0, 0.05) is 0 Å². The Morgan fingerprint density at radius 1 is 0.705 bits per heavy atom. The summed E-state index contributed by atoms with van der Waals surface area (Å²) >= 11 is 1.65. The van der Waals surface area contributed by atoms with Crippen LogP contribution in [0.15, 0.2) is 97.1 Å². The zero-order valence-corrected chi connectivity index (χ0v) is 32.6. The summed E-state index contributed by atoms with van der Waals surface area (Å²) in [6.07, 6.45) is 11.0. The third-order valence-electron chi connectivity index (χ3n) is 7.66. The van der Waals surface area contributed by atoms with E-state index in [1.54, 1.807) is 23.3 Å². The molecule has 0 N–H and O–H groups in total. The molecule has 228 valence electrons. The summed E-state index contributed by atoms with van der Waals surface area (Å²) in [4.78, 5) is 0. The van der Waals surface area contributed by atoms with Crippen molar-refractivity contribution < 1.29 is 23.3 Å². The molecular weight excluding hydrogens is 671 g/mol. The molecule has 0 aliphatic heterocycles. The summed E-state index contributed by atoms with van der Waals surface area (Å²) in [5, 5.41) is 3.07. The SMILES string of the molecule is CC(C)(C)c1[c-]c2c(cc1)-c1ccc(C(C)(C)C)cc1C2.Cc1cccc([Si](=[Zr+2])c2cccc(C)c2)c1.Cl.Cl.[C-]1=CC=CC1. The van der Waals surface area contributed by atoms with Crippen molar-refractivity contribution in [2.45, 2.75) is 79.1 Å². The Morgan fingerprint density at radius 3 is 1.75 bits per heavy atom. The first-order valence-electron chi connectivity index (χ1n) is 15.0. The van der Waals surface area contributed by atoms with E-state index < -0.39 is 5.43 Å². The Balaban J connectivity index is 0.000000260. The minimum atomic E-state index is -0.499. The van der Waals surface area contributed by atoms with Gasteiger partial charge in [0.25, 0.3) is 0 Å². The van der Waals surface area contributed by atoms with Crippen molar-refractivity contribution in [3.05, 3.63) is 143 Å². The predicted molar refractivity (Wildman–Crippen MR) is 194 cm³/mol. The second kappa shape index (κ2) is 16.6. The van der Waals surface area contributed by atoms with Gasteiger partial charge in [0.2, 0.25) is 0 Å². The van der Waals surface area contributed by atoms with Crippen LogP contribution in [-0.4, -0.2) is 5.43 Å². The Labute approximate surface area is 294 Å². The van der Waals surface area contributed by atoms with Crippen LogP contribution in [0.5, 0.6) is 0 Å². The predicted octanol–water partition coefficient (Wildman–Crippen LogP) is 9.76. The van der Waals surface area contributed by atoms with Crippen LogP contribution in [0.2, 0.25) is 0 Å². The number of halogens is 2. The van der Waals surface area contributed by atoms with E-state index in [0.29, 0.717) is 0 Å². The number of hydrogen-bond donors (Lipinski definition) is 0. The monoisotopic (exact) mass is 714 g/mol. The fourth-order valence-corrected chi connectivity index (χ4v) is 9.03. The molecular formula is C40H46Cl2SiZr. The topological polar surface area (TPSA) is 0 Å². The normalized spacial score (nSPS) is 12.4. The molecule has 2 aliphatic carbocycles. The third-order valence-corrected chi connectivity index (χ3v) is 13.7. The van der Waals surface area contributed by atoms with Gasteiger partial charge in [-0.1, -0.05) is 65.3 Å². The van der Waals surface area contributed by atoms with E-state index in [4.69, 9.17) is 0 Å². The first-order chi connectivity index (χ1) is 19.8. The maximum atomic E-state index is 3.67. The van der Waals surface area contributed by atoms with Crippen LogP contribution in [0.4, 0.5) is 0 Å². The second-order valence-corrected chi connectivity index (χ2v) is 19.0. The van der Waals surface area contributed by atoms with Crippen LogP contribution in [0.1, 0.15) is 81.3 Å². The molecule has 0 saturated carbocycles. The van der Waals surface area contributed by atoms with Gasteiger partial charge in [0.15, 0.2) is 0 Å². The van der Waals surface area contributed by atoms with E-state index in [2.05, 4.69) is 152 Å². The van der Waals surface area contributed by atoms with Crippen LogP contribution >= 0.6 is 24.8 Å². The third kappa shape index (κ3) is 10.3. The molecule has 0 heterocycles. The fourth-order valence-electron chi connectivity index (χ4n) is 5.14. The first-order valence-corrected chi connectivity index (χ1v) is 20.2. The molecule has 4 aromatic carbocycles. The van der Waals surface area contributed by atoms with Crippen LogP contribution in [0, 0.1) is 26.0 Å². The summed E-state index contributed by atoms with van der Waals surface area (Å²) in [5.74, 6) is 0. The quantitative estimate of drug-likeness (QED) is 0.126. The van der Waals surface area contributed by atoms with Gasteiger partial charge in [-0.15, -0.1) is 42.4 Å². The van der Waals surface area contributed by atoms with Gasteiger partial charge in [-0.05, 0) is 28.4 Å². The van der Waals surface area contributed by atoms with E-state index in [-0.39, 0.29) is 35.6 Å². The molecule has 2 aliphatic rings. The van der Waals surface area contributed by atoms with Gasteiger partial charge >= 0.3 is 113 Å². The molecule has 6 rings (SSSR count). The molecule has 4 aromatic rings. The molecule has 0 saturated heterocycles. The summed E-state index contributed by atoms with van der Waals surface area (Å²) < 4.78 is 0.